The van der Waals surface area contributed by atoms with Crippen LogP contribution in [0.5, 0.6) is 0 Å². The first-order valence-corrected chi connectivity index (χ1v) is 7.87. The Morgan fingerprint density at radius 1 is 1.23 bits per heavy atom. The highest BCUT2D eigenvalue weighted by molar-refractivity contribution is 7.89. The topological polar surface area (TPSA) is 94.5 Å². The second-order valence-corrected chi connectivity index (χ2v) is 7.04. The van der Waals surface area contributed by atoms with Gasteiger partial charge in [0, 0.05) is 27.3 Å². The first kappa shape index (κ1) is 16.2. The van der Waals surface area contributed by atoms with Gasteiger partial charge < -0.3 is 8.98 Å². The van der Waals surface area contributed by atoms with E-state index >= 15 is 0 Å². The van der Waals surface area contributed by atoms with Gasteiger partial charge in [0.25, 0.3) is 5.56 Å². The second-order valence-electron chi connectivity index (χ2n) is 5.02. The average molecular weight is 327 g/mol. The molecule has 2 aromatic heterocycles. The lowest BCUT2D eigenvalue weighted by Gasteiger charge is -2.16. The molecule has 0 aliphatic heterocycles. The summed E-state index contributed by atoms with van der Waals surface area (Å²) in [6.45, 7) is 1.74. The number of furan rings is 1. The van der Waals surface area contributed by atoms with Crippen LogP contribution in [-0.4, -0.2) is 28.9 Å². The third kappa shape index (κ3) is 2.77. The number of aryl methyl sites for hydroxylation is 2. The summed E-state index contributed by atoms with van der Waals surface area (Å²) < 4.78 is 33.2. The highest BCUT2D eigenvalue weighted by Crippen LogP contribution is 2.14. The zero-order valence-corrected chi connectivity index (χ0v) is 13.5. The summed E-state index contributed by atoms with van der Waals surface area (Å²) in [6, 6.07) is 3.39. The van der Waals surface area contributed by atoms with Gasteiger partial charge in [0.2, 0.25) is 10.0 Å². The molecule has 0 bridgehead atoms. The standard InChI is InChI=1S/C13H17N3O5S/c1-9-5-6-10(21-9)7-15(3)22(19,20)11-8-14(2)13(18)16(4)12(11)17/h5-6,8H,7H2,1-4H3. The van der Waals surface area contributed by atoms with Crippen LogP contribution in [0.15, 0.2) is 37.2 Å². The van der Waals surface area contributed by atoms with Crippen molar-refractivity contribution >= 4 is 10.0 Å². The van der Waals surface area contributed by atoms with Gasteiger partial charge >= 0.3 is 5.69 Å². The van der Waals surface area contributed by atoms with Crippen molar-refractivity contribution in [3.63, 3.8) is 0 Å². The molecule has 9 heteroatoms. The van der Waals surface area contributed by atoms with Gasteiger partial charge in [-0.15, -0.1) is 0 Å². The molecule has 22 heavy (non-hydrogen) atoms. The Morgan fingerprint density at radius 2 is 1.86 bits per heavy atom. The Kier molecular flexibility index (Phi) is 4.12. The minimum absolute atomic E-state index is 0.0117. The molecule has 0 saturated heterocycles. The van der Waals surface area contributed by atoms with Crippen molar-refractivity contribution in [1.29, 1.82) is 0 Å². The zero-order valence-electron chi connectivity index (χ0n) is 12.7. The van der Waals surface area contributed by atoms with Gasteiger partial charge in [0.15, 0.2) is 4.90 Å². The van der Waals surface area contributed by atoms with Gasteiger partial charge in [-0.3, -0.25) is 9.36 Å². The van der Waals surface area contributed by atoms with Crippen LogP contribution in [0, 0.1) is 6.92 Å². The number of hydrogen-bond donors (Lipinski definition) is 0. The van der Waals surface area contributed by atoms with Crippen LogP contribution in [0.4, 0.5) is 0 Å². The Morgan fingerprint density at radius 3 is 2.41 bits per heavy atom. The van der Waals surface area contributed by atoms with E-state index in [0.717, 1.165) is 19.6 Å². The van der Waals surface area contributed by atoms with Gasteiger partial charge in [-0.1, -0.05) is 0 Å². The van der Waals surface area contributed by atoms with Gasteiger partial charge in [-0.05, 0) is 19.1 Å². The number of aromatic nitrogens is 2. The molecule has 0 fully saturated rings. The molecule has 2 rings (SSSR count). The average Bonchev–Trinajstić information content (AvgIpc) is 2.85. The number of sulfonamides is 1. The van der Waals surface area contributed by atoms with Gasteiger partial charge in [-0.25, -0.2) is 13.2 Å². The molecule has 0 aromatic carbocycles. The van der Waals surface area contributed by atoms with Crippen molar-refractivity contribution in [2.45, 2.75) is 18.4 Å². The molecule has 0 spiro atoms. The Hall–Kier alpha value is -2.13. The van der Waals surface area contributed by atoms with Crippen LogP contribution >= 0.6 is 0 Å². The molecular formula is C13H17N3O5S. The van der Waals surface area contributed by atoms with E-state index in [1.165, 1.54) is 21.1 Å². The lowest BCUT2D eigenvalue weighted by molar-refractivity contribution is 0.396. The third-order valence-electron chi connectivity index (χ3n) is 3.28. The van der Waals surface area contributed by atoms with E-state index in [2.05, 4.69) is 0 Å². The summed E-state index contributed by atoms with van der Waals surface area (Å²) in [6.07, 6.45) is 1.03. The lowest BCUT2D eigenvalue weighted by Crippen LogP contribution is -2.41. The van der Waals surface area contributed by atoms with Crippen LogP contribution in [0.25, 0.3) is 0 Å². The smallest absolute Gasteiger partial charge is 0.330 e. The third-order valence-corrected chi connectivity index (χ3v) is 5.06. The van der Waals surface area contributed by atoms with E-state index in [1.807, 2.05) is 0 Å². The molecule has 120 valence electrons. The molecule has 0 saturated carbocycles. The Balaban J connectivity index is 2.47. The summed E-state index contributed by atoms with van der Waals surface area (Å²) >= 11 is 0. The maximum atomic E-state index is 12.5. The summed E-state index contributed by atoms with van der Waals surface area (Å²) in [4.78, 5) is 23.2. The molecule has 0 radical (unpaired) electrons. The molecule has 0 atom stereocenters. The predicted octanol–water partition coefficient (Wildman–Crippen LogP) is -0.194. The van der Waals surface area contributed by atoms with Crippen LogP contribution < -0.4 is 11.2 Å². The number of nitrogens with zero attached hydrogens (tertiary/aromatic N) is 3. The summed E-state index contributed by atoms with van der Waals surface area (Å²) in [7, 11) is -0.0738. The first-order valence-electron chi connectivity index (χ1n) is 6.43. The first-order chi connectivity index (χ1) is 10.1. The van der Waals surface area contributed by atoms with Crippen LogP contribution in [0.3, 0.4) is 0 Å². The minimum atomic E-state index is -4.04. The van der Waals surface area contributed by atoms with Crippen molar-refractivity contribution in [3.8, 4) is 0 Å². The fourth-order valence-electron chi connectivity index (χ4n) is 1.99. The van der Waals surface area contributed by atoms with E-state index in [9.17, 15) is 18.0 Å². The monoisotopic (exact) mass is 327 g/mol. The molecule has 0 amide bonds. The molecular weight excluding hydrogens is 310 g/mol. The van der Waals surface area contributed by atoms with Gasteiger partial charge in [-0.2, -0.15) is 4.31 Å². The van der Waals surface area contributed by atoms with Gasteiger partial charge in [0.05, 0.1) is 6.54 Å². The quantitative estimate of drug-likeness (QED) is 0.775. The van der Waals surface area contributed by atoms with E-state index in [0.29, 0.717) is 11.5 Å². The van der Waals surface area contributed by atoms with Crippen molar-refractivity contribution in [1.82, 2.24) is 13.4 Å². The van der Waals surface area contributed by atoms with Crippen molar-refractivity contribution in [2.24, 2.45) is 14.1 Å². The molecule has 8 nitrogen and oxygen atoms in total. The molecule has 0 aliphatic carbocycles. The van der Waals surface area contributed by atoms with Crippen molar-refractivity contribution < 1.29 is 12.8 Å². The zero-order chi connectivity index (χ0) is 16.7. The molecule has 0 aliphatic rings. The summed E-state index contributed by atoms with van der Waals surface area (Å²) in [5, 5.41) is 0. The van der Waals surface area contributed by atoms with E-state index < -0.39 is 26.2 Å². The molecule has 2 heterocycles. The Labute approximate surface area is 127 Å². The number of rotatable bonds is 4. The van der Waals surface area contributed by atoms with Crippen LogP contribution in [0.2, 0.25) is 0 Å². The minimum Gasteiger partial charge on any atom is -0.465 e. The van der Waals surface area contributed by atoms with E-state index in [-0.39, 0.29) is 6.54 Å². The highest BCUT2D eigenvalue weighted by Gasteiger charge is 2.27. The normalized spacial score (nSPS) is 12.0. The largest absolute Gasteiger partial charge is 0.465 e. The summed E-state index contributed by atoms with van der Waals surface area (Å²) in [5.74, 6) is 1.13. The van der Waals surface area contributed by atoms with Gasteiger partial charge in [0.1, 0.15) is 11.5 Å². The van der Waals surface area contributed by atoms with E-state index in [1.54, 1.807) is 19.1 Å². The van der Waals surface area contributed by atoms with Crippen LogP contribution in [-0.2, 0) is 30.7 Å². The summed E-state index contributed by atoms with van der Waals surface area (Å²) in [5.41, 5.74) is -1.45. The van der Waals surface area contributed by atoms with Crippen LogP contribution in [0.1, 0.15) is 11.5 Å². The Bertz CT molecular complexity index is 920. The fourth-order valence-corrected chi connectivity index (χ4v) is 3.28. The lowest BCUT2D eigenvalue weighted by atomic mass is 10.4. The maximum Gasteiger partial charge on any atom is 0.330 e. The van der Waals surface area contributed by atoms with E-state index in [4.69, 9.17) is 4.42 Å². The van der Waals surface area contributed by atoms with Crippen molar-refractivity contribution in [3.05, 3.63) is 50.7 Å². The fraction of sp³-hybridized carbons (Fsp3) is 0.385. The molecule has 2 aromatic rings. The molecule has 0 unspecified atom stereocenters. The molecule has 0 N–H and O–H groups in total. The number of hydrogen-bond acceptors (Lipinski definition) is 5. The second kappa shape index (κ2) is 5.58. The predicted molar refractivity (Wildman–Crippen MR) is 79.0 cm³/mol. The van der Waals surface area contributed by atoms with Crippen molar-refractivity contribution in [2.75, 3.05) is 7.05 Å². The maximum absolute atomic E-state index is 12.5. The SMILES string of the molecule is Cc1ccc(CN(C)S(=O)(=O)c2cn(C)c(=O)n(C)c2=O)o1. The highest BCUT2D eigenvalue weighted by atomic mass is 32.2.